The van der Waals surface area contributed by atoms with Gasteiger partial charge in [0, 0.05) is 0 Å². The molecule has 0 fully saturated rings. The van der Waals surface area contributed by atoms with Gasteiger partial charge in [-0.1, -0.05) is 6.07 Å². The van der Waals surface area contributed by atoms with Crippen LogP contribution in [0.25, 0.3) is 11.0 Å². The van der Waals surface area contributed by atoms with E-state index in [4.69, 9.17) is 4.74 Å². The normalized spacial score (nSPS) is 10.4. The molecule has 0 bridgehead atoms. The summed E-state index contributed by atoms with van der Waals surface area (Å²) in [7, 11) is 0. The number of ether oxygens (including phenoxy) is 1. The highest BCUT2D eigenvalue weighted by atomic mass is 16.5. The molecule has 0 spiro atoms. The van der Waals surface area contributed by atoms with E-state index < -0.39 is 0 Å². The summed E-state index contributed by atoms with van der Waals surface area (Å²) in [6.45, 7) is 2.62. The van der Waals surface area contributed by atoms with Crippen LogP contribution in [0, 0.1) is 6.33 Å². The van der Waals surface area contributed by atoms with Crippen LogP contribution in [0.2, 0.25) is 0 Å². The molecule has 0 atom stereocenters. The molecule has 12 heavy (non-hydrogen) atoms. The molecule has 3 nitrogen and oxygen atoms in total. The van der Waals surface area contributed by atoms with Crippen LogP contribution in [0.5, 0.6) is 5.75 Å². The van der Waals surface area contributed by atoms with E-state index in [9.17, 15) is 0 Å². The lowest BCUT2D eigenvalue weighted by Crippen LogP contribution is -1.91. The summed E-state index contributed by atoms with van der Waals surface area (Å²) in [5.41, 5.74) is 1.81. The average molecular weight is 161 g/mol. The maximum Gasteiger partial charge on any atom is 0.174 e. The minimum absolute atomic E-state index is 0.665. The summed E-state index contributed by atoms with van der Waals surface area (Å²) in [6.07, 6.45) is 2.68. The largest absolute Gasteiger partial charge is 0.492 e. The highest BCUT2D eigenvalue weighted by molar-refractivity contribution is 5.80. The average Bonchev–Trinajstić information content (AvgIpc) is 2.53. The molecule has 0 aliphatic carbocycles. The topological polar surface area (TPSA) is 37.9 Å². The highest BCUT2D eigenvalue weighted by Gasteiger charge is 2.01. The molecule has 3 heteroatoms. The predicted molar refractivity (Wildman–Crippen MR) is 46.1 cm³/mol. The minimum Gasteiger partial charge on any atom is -0.492 e. The van der Waals surface area contributed by atoms with Crippen LogP contribution in [0.3, 0.4) is 0 Å². The van der Waals surface area contributed by atoms with Crippen LogP contribution < -0.4 is 4.74 Å². The first-order valence-corrected chi connectivity index (χ1v) is 3.89. The lowest BCUT2D eigenvalue weighted by atomic mass is 10.3. The molecule has 0 unspecified atom stereocenters. The van der Waals surface area contributed by atoms with Gasteiger partial charge in [-0.3, -0.25) is 0 Å². The van der Waals surface area contributed by atoms with Crippen molar-refractivity contribution < 1.29 is 4.74 Å². The van der Waals surface area contributed by atoms with Crippen LogP contribution in [0.1, 0.15) is 6.92 Å². The second kappa shape index (κ2) is 2.85. The number of rotatable bonds is 2. The van der Waals surface area contributed by atoms with E-state index in [1.165, 1.54) is 0 Å². The number of H-pyrrole nitrogens is 1. The van der Waals surface area contributed by atoms with Crippen molar-refractivity contribution >= 4 is 11.0 Å². The van der Waals surface area contributed by atoms with Crippen molar-refractivity contribution in [2.75, 3.05) is 6.61 Å². The van der Waals surface area contributed by atoms with Gasteiger partial charge in [-0.15, -0.1) is 0 Å². The number of aromatic amines is 1. The molecule has 61 valence electrons. The summed E-state index contributed by atoms with van der Waals surface area (Å²) < 4.78 is 5.39. The van der Waals surface area contributed by atoms with Crippen LogP contribution in [0.4, 0.5) is 0 Å². The smallest absolute Gasteiger partial charge is 0.174 e. The Labute approximate surface area is 70.4 Å². The standard InChI is InChI=1S/C9H9N2O/c1-2-12-8-5-3-4-7-9(8)11-6-10-7/h3-5H,2H2,1H3,(H,10,11). The van der Waals surface area contributed by atoms with Gasteiger partial charge in [-0.25, -0.2) is 4.98 Å². The number of fused-ring (bicyclic) bond motifs is 1. The Hall–Kier alpha value is -1.51. The highest BCUT2D eigenvalue weighted by Crippen LogP contribution is 2.21. The number of nitrogens with zero attached hydrogens (tertiary/aromatic N) is 1. The summed E-state index contributed by atoms with van der Waals surface area (Å²) in [5.74, 6) is 0.837. The molecule has 1 aromatic heterocycles. The number of hydrogen-bond donors (Lipinski definition) is 1. The van der Waals surface area contributed by atoms with Crippen molar-refractivity contribution in [2.24, 2.45) is 0 Å². The van der Waals surface area contributed by atoms with Crippen molar-refractivity contribution in [3.63, 3.8) is 0 Å². The quantitative estimate of drug-likeness (QED) is 0.728. The molecule has 0 aliphatic rings. The fraction of sp³-hybridized carbons (Fsp3) is 0.222. The molecule has 0 saturated carbocycles. The van der Waals surface area contributed by atoms with E-state index in [1.807, 2.05) is 25.1 Å². The Kier molecular flexibility index (Phi) is 1.70. The number of hydrogen-bond acceptors (Lipinski definition) is 2. The van der Waals surface area contributed by atoms with Crippen LogP contribution in [-0.4, -0.2) is 16.6 Å². The van der Waals surface area contributed by atoms with Gasteiger partial charge in [0.25, 0.3) is 0 Å². The van der Waals surface area contributed by atoms with Gasteiger partial charge in [-0.05, 0) is 19.1 Å². The lowest BCUT2D eigenvalue weighted by Gasteiger charge is -2.02. The third-order valence-corrected chi connectivity index (χ3v) is 1.66. The zero-order valence-corrected chi connectivity index (χ0v) is 6.79. The zero-order chi connectivity index (χ0) is 8.39. The number of para-hydroxylation sites is 1. The van der Waals surface area contributed by atoms with Gasteiger partial charge < -0.3 is 9.72 Å². The number of imidazole rings is 1. The van der Waals surface area contributed by atoms with E-state index in [2.05, 4.69) is 16.3 Å². The van der Waals surface area contributed by atoms with Crippen molar-refractivity contribution in [3.8, 4) is 5.75 Å². The predicted octanol–water partition coefficient (Wildman–Crippen LogP) is 1.76. The second-order valence-corrected chi connectivity index (χ2v) is 2.43. The summed E-state index contributed by atoms with van der Waals surface area (Å²) in [4.78, 5) is 6.91. The van der Waals surface area contributed by atoms with Crippen molar-refractivity contribution in [2.45, 2.75) is 6.92 Å². The van der Waals surface area contributed by atoms with Gasteiger partial charge in [0.1, 0.15) is 11.3 Å². The second-order valence-electron chi connectivity index (χ2n) is 2.43. The molecule has 0 aliphatic heterocycles. The van der Waals surface area contributed by atoms with E-state index >= 15 is 0 Å². The number of benzene rings is 1. The Morgan fingerprint density at radius 2 is 2.50 bits per heavy atom. The van der Waals surface area contributed by atoms with Crippen LogP contribution in [0.15, 0.2) is 18.2 Å². The molecule has 1 heterocycles. The Bertz CT molecular complexity index is 381. The third kappa shape index (κ3) is 1.03. The number of aromatic nitrogens is 2. The van der Waals surface area contributed by atoms with Gasteiger partial charge >= 0.3 is 0 Å². The van der Waals surface area contributed by atoms with Crippen LogP contribution in [-0.2, 0) is 0 Å². The van der Waals surface area contributed by atoms with Gasteiger partial charge in [0.2, 0.25) is 0 Å². The van der Waals surface area contributed by atoms with Crippen LogP contribution >= 0.6 is 0 Å². The number of nitrogens with one attached hydrogen (secondary N) is 1. The molecule has 2 aromatic rings. The minimum atomic E-state index is 0.665. The first-order chi connectivity index (χ1) is 5.92. The third-order valence-electron chi connectivity index (χ3n) is 1.66. The van der Waals surface area contributed by atoms with E-state index in [1.54, 1.807) is 0 Å². The molecule has 1 aromatic carbocycles. The van der Waals surface area contributed by atoms with Gasteiger partial charge in [0.05, 0.1) is 12.1 Å². The molecule has 1 N–H and O–H groups in total. The molecule has 0 saturated heterocycles. The molecular weight excluding hydrogens is 152 g/mol. The first-order valence-electron chi connectivity index (χ1n) is 3.89. The van der Waals surface area contributed by atoms with Gasteiger partial charge in [0.15, 0.2) is 6.33 Å². The summed E-state index contributed by atoms with van der Waals surface area (Å²) >= 11 is 0. The van der Waals surface area contributed by atoms with E-state index in [0.29, 0.717) is 6.61 Å². The fourth-order valence-electron chi connectivity index (χ4n) is 1.16. The van der Waals surface area contributed by atoms with Crippen molar-refractivity contribution in [1.82, 2.24) is 9.97 Å². The zero-order valence-electron chi connectivity index (χ0n) is 6.79. The van der Waals surface area contributed by atoms with E-state index in [0.717, 1.165) is 16.8 Å². The van der Waals surface area contributed by atoms with E-state index in [-0.39, 0.29) is 0 Å². The molecular formula is C9H9N2O. The molecule has 1 radical (unpaired) electrons. The maximum absolute atomic E-state index is 5.39. The lowest BCUT2D eigenvalue weighted by molar-refractivity contribution is 0.343. The monoisotopic (exact) mass is 161 g/mol. The SMILES string of the molecule is CCOc1cccc2n[c][nH]c12. The summed E-state index contributed by atoms with van der Waals surface area (Å²) in [6, 6.07) is 5.75. The Morgan fingerprint density at radius 3 is 3.33 bits per heavy atom. The molecule has 0 amide bonds. The van der Waals surface area contributed by atoms with Gasteiger partial charge in [-0.2, -0.15) is 0 Å². The molecule has 2 rings (SSSR count). The fourth-order valence-corrected chi connectivity index (χ4v) is 1.16. The maximum atomic E-state index is 5.39. The van der Waals surface area contributed by atoms with Crippen molar-refractivity contribution in [3.05, 3.63) is 24.5 Å². The Morgan fingerprint density at radius 1 is 1.58 bits per heavy atom. The first kappa shape index (κ1) is 7.16. The van der Waals surface area contributed by atoms with Crippen molar-refractivity contribution in [1.29, 1.82) is 0 Å². The summed E-state index contributed by atoms with van der Waals surface area (Å²) in [5, 5.41) is 0. The Balaban J connectivity index is 2.57.